The summed E-state index contributed by atoms with van der Waals surface area (Å²) in [4.78, 5) is 9.90. The van der Waals surface area contributed by atoms with Crippen LogP contribution in [0.3, 0.4) is 0 Å². The Morgan fingerprint density at radius 3 is 2.00 bits per heavy atom. The van der Waals surface area contributed by atoms with Gasteiger partial charge in [-0.05, 0) is 6.26 Å². The first-order valence-electron chi connectivity index (χ1n) is 4.95. The van der Waals surface area contributed by atoms with Gasteiger partial charge in [-0.25, -0.2) is 0 Å². The van der Waals surface area contributed by atoms with Crippen molar-refractivity contribution in [3.8, 4) is 0 Å². The lowest BCUT2D eigenvalue weighted by Crippen LogP contribution is -2.46. The molecule has 0 amide bonds. The fourth-order valence-corrected chi connectivity index (χ4v) is 1.29. The molecule has 0 bridgehead atoms. The van der Waals surface area contributed by atoms with Crippen molar-refractivity contribution >= 4 is 24.4 Å². The third-order valence-electron chi connectivity index (χ3n) is 1.93. The molecule has 9 nitrogen and oxygen atoms in total. The van der Waals surface area contributed by atoms with Crippen LogP contribution in [0.2, 0.25) is 0 Å². The maximum absolute atomic E-state index is 10.5. The van der Waals surface area contributed by atoms with E-state index in [1.807, 2.05) is 0 Å². The van der Waals surface area contributed by atoms with Crippen LogP contribution in [0, 0.1) is 0 Å². The molecule has 0 saturated heterocycles. The summed E-state index contributed by atoms with van der Waals surface area (Å²) < 4.78 is 14.9. The van der Waals surface area contributed by atoms with Crippen molar-refractivity contribution in [2.24, 2.45) is 5.50 Å². The fraction of sp³-hybridized carbons (Fsp3) is 0.875. The SMILES string of the molecule is COP(N)(=O)SC.O=C[C@H](O)[C@@H](O)[C@H](O)[C@H](O)CO. The van der Waals surface area contributed by atoms with Crippen LogP contribution in [0.5, 0.6) is 0 Å². The van der Waals surface area contributed by atoms with Crippen LogP contribution >= 0.6 is 18.1 Å². The summed E-state index contributed by atoms with van der Waals surface area (Å²) in [5, 5.41) is 43.5. The third kappa shape index (κ3) is 9.50. The average molecular weight is 321 g/mol. The molecule has 5 atom stereocenters. The van der Waals surface area contributed by atoms with E-state index in [1.165, 1.54) is 7.11 Å². The molecule has 0 aliphatic carbocycles. The molecule has 0 aromatic heterocycles. The van der Waals surface area contributed by atoms with E-state index >= 15 is 0 Å². The average Bonchev–Trinajstić information content (AvgIpc) is 2.44. The maximum atomic E-state index is 10.5. The van der Waals surface area contributed by atoms with Gasteiger partial charge < -0.3 is 34.9 Å². The van der Waals surface area contributed by atoms with Crippen molar-refractivity contribution < 1.29 is 39.4 Å². The molecule has 0 aliphatic heterocycles. The van der Waals surface area contributed by atoms with Crippen LogP contribution in [-0.4, -0.2) is 76.2 Å². The van der Waals surface area contributed by atoms with Gasteiger partial charge in [0.1, 0.15) is 24.4 Å². The van der Waals surface area contributed by atoms with E-state index in [0.29, 0.717) is 0 Å². The van der Waals surface area contributed by atoms with Crippen molar-refractivity contribution in [2.45, 2.75) is 24.4 Å². The van der Waals surface area contributed by atoms with Gasteiger partial charge in [-0.2, -0.15) is 0 Å². The van der Waals surface area contributed by atoms with Crippen LogP contribution in [0.25, 0.3) is 0 Å². The highest BCUT2D eigenvalue weighted by atomic mass is 32.7. The molecule has 0 spiro atoms. The molecular formula is C8H20NO8PS. The summed E-state index contributed by atoms with van der Waals surface area (Å²) in [5.41, 5.74) is 5.01. The highest BCUT2D eigenvalue weighted by Gasteiger charge is 2.29. The number of hydrogen-bond donors (Lipinski definition) is 6. The Labute approximate surface area is 114 Å². The Morgan fingerprint density at radius 2 is 1.79 bits per heavy atom. The van der Waals surface area contributed by atoms with Gasteiger partial charge >= 0.3 is 6.72 Å². The first-order chi connectivity index (χ1) is 8.66. The highest BCUT2D eigenvalue weighted by Crippen LogP contribution is 2.48. The summed E-state index contributed by atoms with van der Waals surface area (Å²) in [6.07, 6.45) is -5.20. The minimum Gasteiger partial charge on any atom is -0.394 e. The summed E-state index contributed by atoms with van der Waals surface area (Å²) >= 11 is 1.04. The van der Waals surface area contributed by atoms with E-state index in [9.17, 15) is 9.36 Å². The van der Waals surface area contributed by atoms with Crippen LogP contribution < -0.4 is 5.50 Å². The molecule has 7 N–H and O–H groups in total. The maximum Gasteiger partial charge on any atom is 0.323 e. The number of aliphatic hydroxyl groups is 5. The van der Waals surface area contributed by atoms with E-state index in [0.717, 1.165) is 11.4 Å². The zero-order valence-electron chi connectivity index (χ0n) is 10.5. The van der Waals surface area contributed by atoms with Gasteiger partial charge in [0.25, 0.3) is 0 Å². The molecule has 1 unspecified atom stereocenters. The fourth-order valence-electron chi connectivity index (χ4n) is 0.693. The van der Waals surface area contributed by atoms with Crippen molar-refractivity contribution in [3.05, 3.63) is 0 Å². The number of hydrogen-bond acceptors (Lipinski definition) is 9. The minimum absolute atomic E-state index is 0.0258. The summed E-state index contributed by atoms with van der Waals surface area (Å²) in [5.74, 6) is 0. The molecule has 0 saturated carbocycles. The molecule has 0 aromatic carbocycles. The highest BCUT2D eigenvalue weighted by molar-refractivity contribution is 8.55. The normalized spacial score (nSPS) is 20.2. The van der Waals surface area contributed by atoms with Gasteiger partial charge in [-0.1, -0.05) is 11.4 Å². The van der Waals surface area contributed by atoms with Crippen molar-refractivity contribution in [3.63, 3.8) is 0 Å². The topological polar surface area (TPSA) is 171 Å². The largest absolute Gasteiger partial charge is 0.394 e. The second kappa shape index (κ2) is 10.7. The Balaban J connectivity index is 0. The molecule has 11 heteroatoms. The number of aliphatic hydroxyl groups excluding tert-OH is 5. The first-order valence-corrected chi connectivity index (χ1v) is 8.47. The Hall–Kier alpha value is -0.0300. The van der Waals surface area contributed by atoms with Crippen LogP contribution in [0.15, 0.2) is 0 Å². The van der Waals surface area contributed by atoms with Crippen LogP contribution in [0.1, 0.15) is 0 Å². The quantitative estimate of drug-likeness (QED) is 0.221. The molecule has 19 heavy (non-hydrogen) atoms. The summed E-state index contributed by atoms with van der Waals surface area (Å²) in [6, 6.07) is 0. The molecule has 0 aromatic rings. The molecule has 0 radical (unpaired) electrons. The Kier molecular flexibility index (Phi) is 12.0. The lowest BCUT2D eigenvalue weighted by Gasteiger charge is -2.22. The second-order valence-corrected chi connectivity index (χ2v) is 7.70. The first kappa shape index (κ1) is 21.3. The minimum atomic E-state index is -2.74. The summed E-state index contributed by atoms with van der Waals surface area (Å²) in [7, 11) is 1.33. The monoisotopic (exact) mass is 321 g/mol. The lowest BCUT2D eigenvalue weighted by atomic mass is 10.0. The van der Waals surface area contributed by atoms with Crippen molar-refractivity contribution in [2.75, 3.05) is 20.0 Å². The van der Waals surface area contributed by atoms with E-state index in [2.05, 4.69) is 4.52 Å². The number of nitrogens with two attached hydrogens (primary N) is 1. The van der Waals surface area contributed by atoms with Gasteiger partial charge in [0.15, 0.2) is 6.29 Å². The van der Waals surface area contributed by atoms with Gasteiger partial charge in [-0.15, -0.1) is 0 Å². The van der Waals surface area contributed by atoms with Crippen molar-refractivity contribution in [1.29, 1.82) is 0 Å². The predicted octanol–water partition coefficient (Wildman–Crippen LogP) is -2.32. The molecule has 0 fully saturated rings. The smallest absolute Gasteiger partial charge is 0.323 e. The number of carbonyl (C=O) groups is 1. The number of carbonyl (C=O) groups excluding carboxylic acids is 1. The molecule has 0 rings (SSSR count). The third-order valence-corrected chi connectivity index (χ3v) is 4.92. The summed E-state index contributed by atoms with van der Waals surface area (Å²) in [6.45, 7) is -3.50. The molecule has 116 valence electrons. The van der Waals surface area contributed by atoms with E-state index in [1.54, 1.807) is 6.26 Å². The predicted molar refractivity (Wildman–Crippen MR) is 69.5 cm³/mol. The van der Waals surface area contributed by atoms with Gasteiger partial charge in [0.2, 0.25) is 0 Å². The zero-order chi connectivity index (χ0) is 15.6. The lowest BCUT2D eigenvalue weighted by molar-refractivity contribution is -0.136. The van der Waals surface area contributed by atoms with E-state index in [4.69, 9.17) is 31.0 Å². The van der Waals surface area contributed by atoms with Gasteiger partial charge in [-0.3, -0.25) is 10.1 Å². The van der Waals surface area contributed by atoms with Crippen LogP contribution in [0.4, 0.5) is 0 Å². The Bertz CT molecular complexity index is 286. The number of rotatable bonds is 7. The molecule has 0 heterocycles. The van der Waals surface area contributed by atoms with Crippen molar-refractivity contribution in [1.82, 2.24) is 0 Å². The Morgan fingerprint density at radius 1 is 1.32 bits per heavy atom. The van der Waals surface area contributed by atoms with Gasteiger partial charge in [0.05, 0.1) is 6.61 Å². The van der Waals surface area contributed by atoms with Gasteiger partial charge in [0, 0.05) is 7.11 Å². The number of aldehydes is 1. The standard InChI is InChI=1S/C6H12O6.C2H8NO2PS/c7-1-3(9)5(11)6(12)4(10)2-8;1-5-6(3,4)7-2/h1,3-6,8-12H,2H2;1-2H3,(H2,3,4)/t3-,4+,5+,6+;/m0./s1. The van der Waals surface area contributed by atoms with E-state index < -0.39 is 37.7 Å². The zero-order valence-corrected chi connectivity index (χ0v) is 12.2. The molecular weight excluding hydrogens is 301 g/mol. The molecule has 0 aliphatic rings. The van der Waals surface area contributed by atoms with Crippen LogP contribution in [-0.2, 0) is 13.9 Å². The van der Waals surface area contributed by atoms with E-state index in [-0.39, 0.29) is 6.29 Å². The second-order valence-electron chi connectivity index (χ2n) is 3.26.